The van der Waals surface area contributed by atoms with Gasteiger partial charge in [0.2, 0.25) is 0 Å². The van der Waals surface area contributed by atoms with E-state index in [1.807, 2.05) is 36.4 Å². The molecule has 0 amide bonds. The van der Waals surface area contributed by atoms with Crippen molar-refractivity contribution >= 4 is 35.6 Å². The number of halogens is 1. The van der Waals surface area contributed by atoms with Gasteiger partial charge in [-0.2, -0.15) is 0 Å². The number of nitrogens with zero attached hydrogens (tertiary/aromatic N) is 1. The second kappa shape index (κ2) is 14.2. The van der Waals surface area contributed by atoms with Gasteiger partial charge in [0, 0.05) is 52.6 Å². The van der Waals surface area contributed by atoms with Crippen LogP contribution in [-0.2, 0) is 22.6 Å². The van der Waals surface area contributed by atoms with Gasteiger partial charge >= 0.3 is 0 Å². The highest BCUT2D eigenvalue weighted by Crippen LogP contribution is 2.17. The third-order valence-corrected chi connectivity index (χ3v) is 3.95. The molecule has 0 atom stereocenters. The Balaban J connectivity index is 0.00000392. The first kappa shape index (κ1) is 24.2. The molecule has 0 spiro atoms. The largest absolute Gasteiger partial charge is 0.493 e. The van der Waals surface area contributed by atoms with Crippen LogP contribution in [0.2, 0.25) is 0 Å². The lowest BCUT2D eigenvalue weighted by Crippen LogP contribution is -2.30. The molecule has 0 saturated carbocycles. The fourth-order valence-corrected chi connectivity index (χ4v) is 2.58. The summed E-state index contributed by atoms with van der Waals surface area (Å²) in [5.74, 6) is 1.51. The molecule has 2 aromatic carbocycles. The van der Waals surface area contributed by atoms with E-state index in [-0.39, 0.29) is 24.0 Å². The molecule has 0 aliphatic heterocycles. The Kier molecular flexibility index (Phi) is 12.3. The fourth-order valence-electron chi connectivity index (χ4n) is 2.58. The van der Waals surface area contributed by atoms with Gasteiger partial charge in [-0.3, -0.25) is 4.99 Å². The molecule has 0 unspecified atom stereocenters. The van der Waals surface area contributed by atoms with Gasteiger partial charge in [0.15, 0.2) is 5.96 Å². The van der Waals surface area contributed by atoms with Crippen molar-refractivity contribution in [3.63, 3.8) is 0 Å². The van der Waals surface area contributed by atoms with Crippen LogP contribution in [0.1, 0.15) is 17.5 Å². The molecule has 0 bridgehead atoms. The van der Waals surface area contributed by atoms with Crippen molar-refractivity contribution in [1.29, 1.82) is 0 Å². The molecule has 6 nitrogen and oxygen atoms in total. The van der Waals surface area contributed by atoms with Crippen LogP contribution in [0.5, 0.6) is 5.75 Å². The second-order valence-corrected chi connectivity index (χ2v) is 5.98. The van der Waals surface area contributed by atoms with E-state index >= 15 is 0 Å². The minimum atomic E-state index is 0. The predicted molar refractivity (Wildman–Crippen MR) is 125 cm³/mol. The number of ether oxygens (including phenoxy) is 3. The summed E-state index contributed by atoms with van der Waals surface area (Å²) < 4.78 is 16.0. The normalized spacial score (nSPS) is 10.9. The Labute approximate surface area is 184 Å². The van der Waals surface area contributed by atoms with Crippen LogP contribution < -0.4 is 15.4 Å². The van der Waals surface area contributed by atoms with Gasteiger partial charge in [-0.15, -0.1) is 24.0 Å². The lowest BCUT2D eigenvalue weighted by molar-refractivity contribution is 0.172. The van der Waals surface area contributed by atoms with E-state index < -0.39 is 0 Å². The third-order valence-electron chi connectivity index (χ3n) is 3.95. The summed E-state index contributed by atoms with van der Waals surface area (Å²) in [5.41, 5.74) is 3.25. The van der Waals surface area contributed by atoms with Crippen molar-refractivity contribution in [2.24, 2.45) is 4.99 Å². The lowest BCUT2D eigenvalue weighted by atomic mass is 10.1. The highest BCUT2D eigenvalue weighted by molar-refractivity contribution is 14.0. The lowest BCUT2D eigenvalue weighted by Gasteiger charge is -2.15. The molecular formula is C21H30IN3O3. The Morgan fingerprint density at radius 3 is 2.46 bits per heavy atom. The molecule has 0 saturated heterocycles. The summed E-state index contributed by atoms with van der Waals surface area (Å²) >= 11 is 0. The average molecular weight is 499 g/mol. The standard InChI is InChI=1S/C21H29N3O3.HI/c1-22-21(23-15-17-8-4-5-9-18(17)16-26-3)24-19-10-6-11-20(14-19)27-13-7-12-25-2;/h4-6,8-11,14H,7,12-13,15-16H2,1-3H3,(H2,22,23,24);1H. The van der Waals surface area contributed by atoms with E-state index in [1.165, 1.54) is 5.56 Å². The molecule has 0 aliphatic carbocycles. The van der Waals surface area contributed by atoms with Crippen LogP contribution in [0.25, 0.3) is 0 Å². The van der Waals surface area contributed by atoms with Gasteiger partial charge in [-0.1, -0.05) is 30.3 Å². The average Bonchev–Trinajstić information content (AvgIpc) is 2.70. The molecule has 2 aromatic rings. The van der Waals surface area contributed by atoms with E-state index in [4.69, 9.17) is 14.2 Å². The van der Waals surface area contributed by atoms with Gasteiger partial charge in [-0.05, 0) is 23.3 Å². The van der Waals surface area contributed by atoms with Crippen molar-refractivity contribution in [3.8, 4) is 5.75 Å². The Bertz CT molecular complexity index is 726. The topological polar surface area (TPSA) is 64.1 Å². The molecular weight excluding hydrogens is 469 g/mol. The summed E-state index contributed by atoms with van der Waals surface area (Å²) in [5, 5.41) is 6.63. The van der Waals surface area contributed by atoms with E-state index in [2.05, 4.69) is 27.8 Å². The molecule has 2 rings (SSSR count). The zero-order valence-corrected chi connectivity index (χ0v) is 19.1. The van der Waals surface area contributed by atoms with Crippen LogP contribution >= 0.6 is 24.0 Å². The SMILES string of the molecule is CN=C(NCc1ccccc1COC)Nc1cccc(OCCCOC)c1.I. The molecule has 0 radical (unpaired) electrons. The quantitative estimate of drug-likeness (QED) is 0.224. The number of hydrogen-bond acceptors (Lipinski definition) is 4. The maximum absolute atomic E-state index is 5.74. The van der Waals surface area contributed by atoms with Crippen LogP contribution in [0.3, 0.4) is 0 Å². The summed E-state index contributed by atoms with van der Waals surface area (Å²) in [6, 6.07) is 16.0. The Hall–Kier alpha value is -1.84. The number of nitrogens with one attached hydrogen (secondary N) is 2. The fraction of sp³-hybridized carbons (Fsp3) is 0.381. The highest BCUT2D eigenvalue weighted by Gasteiger charge is 2.05. The van der Waals surface area contributed by atoms with Crippen LogP contribution in [0.4, 0.5) is 5.69 Å². The molecule has 154 valence electrons. The van der Waals surface area contributed by atoms with Gasteiger partial charge in [-0.25, -0.2) is 0 Å². The number of benzene rings is 2. The number of aliphatic imine (C=N–C) groups is 1. The van der Waals surface area contributed by atoms with Gasteiger partial charge in [0.1, 0.15) is 5.75 Å². The summed E-state index contributed by atoms with van der Waals surface area (Å²) in [6.07, 6.45) is 0.859. The van der Waals surface area contributed by atoms with E-state index in [1.54, 1.807) is 21.3 Å². The van der Waals surface area contributed by atoms with Gasteiger partial charge in [0.25, 0.3) is 0 Å². The van der Waals surface area contributed by atoms with Crippen molar-refractivity contribution in [3.05, 3.63) is 59.7 Å². The monoisotopic (exact) mass is 499 g/mol. The molecule has 2 N–H and O–H groups in total. The number of hydrogen-bond donors (Lipinski definition) is 2. The summed E-state index contributed by atoms with van der Waals surface area (Å²) in [7, 11) is 5.15. The maximum Gasteiger partial charge on any atom is 0.195 e. The number of rotatable bonds is 10. The molecule has 7 heteroatoms. The summed E-state index contributed by atoms with van der Waals surface area (Å²) in [6.45, 7) is 2.57. The smallest absolute Gasteiger partial charge is 0.195 e. The number of guanidine groups is 1. The predicted octanol–water partition coefficient (Wildman–Crippen LogP) is 4.05. The molecule has 0 aromatic heterocycles. The number of methoxy groups -OCH3 is 2. The van der Waals surface area contributed by atoms with Crippen LogP contribution in [0, 0.1) is 0 Å². The van der Waals surface area contributed by atoms with Crippen LogP contribution in [-0.4, -0.2) is 40.4 Å². The maximum atomic E-state index is 5.74. The van der Waals surface area contributed by atoms with Crippen LogP contribution in [0.15, 0.2) is 53.5 Å². The molecule has 28 heavy (non-hydrogen) atoms. The van der Waals surface area contributed by atoms with Gasteiger partial charge < -0.3 is 24.8 Å². The third kappa shape index (κ3) is 8.45. The van der Waals surface area contributed by atoms with Gasteiger partial charge in [0.05, 0.1) is 13.2 Å². The second-order valence-electron chi connectivity index (χ2n) is 5.98. The first-order valence-corrected chi connectivity index (χ1v) is 9.02. The van der Waals surface area contributed by atoms with Crippen molar-refractivity contribution in [1.82, 2.24) is 5.32 Å². The minimum absolute atomic E-state index is 0. The summed E-state index contributed by atoms with van der Waals surface area (Å²) in [4.78, 5) is 4.30. The van der Waals surface area contributed by atoms with Crippen molar-refractivity contribution < 1.29 is 14.2 Å². The minimum Gasteiger partial charge on any atom is -0.493 e. The zero-order chi connectivity index (χ0) is 19.3. The van der Waals surface area contributed by atoms with E-state index in [0.29, 0.717) is 32.3 Å². The number of anilines is 1. The molecule has 0 heterocycles. The first-order chi connectivity index (χ1) is 13.3. The Morgan fingerprint density at radius 2 is 1.75 bits per heavy atom. The van der Waals surface area contributed by atoms with E-state index in [9.17, 15) is 0 Å². The highest BCUT2D eigenvalue weighted by atomic mass is 127. The van der Waals surface area contributed by atoms with Crippen molar-refractivity contribution in [2.75, 3.05) is 39.8 Å². The Morgan fingerprint density at radius 1 is 0.964 bits per heavy atom. The first-order valence-electron chi connectivity index (χ1n) is 9.02. The van der Waals surface area contributed by atoms with Crippen molar-refractivity contribution in [2.45, 2.75) is 19.6 Å². The molecule has 0 aliphatic rings. The zero-order valence-electron chi connectivity index (χ0n) is 16.7. The van der Waals surface area contributed by atoms with E-state index in [0.717, 1.165) is 23.4 Å². The molecule has 0 fully saturated rings.